The lowest BCUT2D eigenvalue weighted by molar-refractivity contribution is 0.0677. The smallest absolute Gasteiger partial charge is 0.191 e. The number of thiophene rings is 1. The molecule has 1 atom stereocenters. The molecule has 7 heteroatoms. The first kappa shape index (κ1) is 22.0. The third-order valence-electron chi connectivity index (χ3n) is 3.10. The Labute approximate surface area is 159 Å². The molecule has 128 valence electrons. The van der Waals surface area contributed by atoms with E-state index in [-0.39, 0.29) is 24.0 Å². The number of aliphatic hydroxyl groups is 1. The van der Waals surface area contributed by atoms with Crippen molar-refractivity contribution in [1.82, 2.24) is 10.6 Å². The van der Waals surface area contributed by atoms with Gasteiger partial charge in [0, 0.05) is 13.1 Å². The summed E-state index contributed by atoms with van der Waals surface area (Å²) in [7, 11) is 0. The van der Waals surface area contributed by atoms with Gasteiger partial charge in [0.1, 0.15) is 5.60 Å². The van der Waals surface area contributed by atoms with Crippen molar-refractivity contribution in [2.75, 3.05) is 31.6 Å². The monoisotopic (exact) mass is 457 g/mol. The van der Waals surface area contributed by atoms with Gasteiger partial charge in [-0.05, 0) is 61.1 Å². The van der Waals surface area contributed by atoms with Crippen LogP contribution in [0.1, 0.15) is 32.3 Å². The maximum absolute atomic E-state index is 10.5. The van der Waals surface area contributed by atoms with E-state index in [2.05, 4.69) is 21.9 Å². The van der Waals surface area contributed by atoms with Crippen molar-refractivity contribution >= 4 is 53.0 Å². The number of aliphatic imine (C=N–C) groups is 1. The van der Waals surface area contributed by atoms with Gasteiger partial charge in [0.25, 0.3) is 0 Å². The average Bonchev–Trinajstić information content (AvgIpc) is 2.99. The van der Waals surface area contributed by atoms with Crippen LogP contribution in [0.3, 0.4) is 0 Å². The van der Waals surface area contributed by atoms with Crippen LogP contribution in [0.15, 0.2) is 21.8 Å². The molecule has 22 heavy (non-hydrogen) atoms. The molecule has 0 amide bonds. The van der Waals surface area contributed by atoms with E-state index in [0.29, 0.717) is 6.54 Å². The Morgan fingerprint density at radius 1 is 1.41 bits per heavy atom. The van der Waals surface area contributed by atoms with Crippen molar-refractivity contribution in [2.24, 2.45) is 4.99 Å². The Balaban J connectivity index is 0.00000441. The lowest BCUT2D eigenvalue weighted by Gasteiger charge is -2.21. The highest BCUT2D eigenvalue weighted by molar-refractivity contribution is 14.0. The first-order valence-electron chi connectivity index (χ1n) is 7.36. The van der Waals surface area contributed by atoms with Crippen LogP contribution < -0.4 is 10.6 Å². The summed E-state index contributed by atoms with van der Waals surface area (Å²) in [4.78, 5) is 4.50. The van der Waals surface area contributed by atoms with E-state index in [9.17, 15) is 5.11 Å². The molecule has 0 bridgehead atoms. The number of rotatable bonds is 9. The molecule has 1 rings (SSSR count). The summed E-state index contributed by atoms with van der Waals surface area (Å²) in [6.07, 6.45) is 4.47. The highest BCUT2D eigenvalue weighted by Crippen LogP contribution is 2.23. The van der Waals surface area contributed by atoms with E-state index in [1.165, 1.54) is 12.2 Å². The second-order valence-corrected chi connectivity index (χ2v) is 6.87. The molecule has 0 aliphatic rings. The van der Waals surface area contributed by atoms with Crippen LogP contribution in [0.5, 0.6) is 0 Å². The largest absolute Gasteiger partial charge is 0.383 e. The number of nitrogens with zero attached hydrogens (tertiary/aromatic N) is 1. The van der Waals surface area contributed by atoms with Crippen LogP contribution in [-0.4, -0.2) is 42.7 Å². The van der Waals surface area contributed by atoms with Crippen LogP contribution in [0.25, 0.3) is 0 Å². The minimum atomic E-state index is -0.915. The Bertz CT molecular complexity index is 411. The predicted molar refractivity (Wildman–Crippen MR) is 111 cm³/mol. The van der Waals surface area contributed by atoms with E-state index < -0.39 is 5.60 Å². The molecular weight excluding hydrogens is 429 g/mol. The Morgan fingerprint density at radius 3 is 2.77 bits per heavy atom. The van der Waals surface area contributed by atoms with Gasteiger partial charge in [0.15, 0.2) is 5.96 Å². The van der Waals surface area contributed by atoms with Crippen molar-refractivity contribution in [1.29, 1.82) is 0 Å². The lowest BCUT2D eigenvalue weighted by atomic mass is 10.00. The van der Waals surface area contributed by atoms with E-state index in [4.69, 9.17) is 0 Å². The predicted octanol–water partition coefficient (Wildman–Crippen LogP) is 3.27. The van der Waals surface area contributed by atoms with Gasteiger partial charge in [-0.25, -0.2) is 4.99 Å². The Kier molecular flexibility index (Phi) is 12.4. The van der Waals surface area contributed by atoms with Gasteiger partial charge in [0.05, 0.1) is 6.54 Å². The highest BCUT2D eigenvalue weighted by Gasteiger charge is 2.23. The summed E-state index contributed by atoms with van der Waals surface area (Å²) in [5.41, 5.74) is 0.00774. The number of halogens is 1. The first-order chi connectivity index (χ1) is 10.1. The molecular formula is C15H28IN3OS2. The SMILES string of the molecule is CCNC(=NCC(C)(O)c1ccsc1)NCCCCSC.I. The summed E-state index contributed by atoms with van der Waals surface area (Å²) in [5, 5.41) is 21.0. The van der Waals surface area contributed by atoms with E-state index in [1.54, 1.807) is 18.3 Å². The number of nitrogens with one attached hydrogen (secondary N) is 2. The minimum absolute atomic E-state index is 0. The quantitative estimate of drug-likeness (QED) is 0.231. The fourth-order valence-corrected chi connectivity index (χ4v) is 3.09. The minimum Gasteiger partial charge on any atom is -0.383 e. The molecule has 0 radical (unpaired) electrons. The Hall–Kier alpha value is 0.01000. The molecule has 1 heterocycles. The summed E-state index contributed by atoms with van der Waals surface area (Å²) in [5.74, 6) is 1.97. The van der Waals surface area contributed by atoms with Gasteiger partial charge >= 0.3 is 0 Å². The van der Waals surface area contributed by atoms with E-state index in [1.807, 2.05) is 35.5 Å². The fourth-order valence-electron chi connectivity index (χ4n) is 1.82. The molecule has 0 aliphatic heterocycles. The summed E-state index contributed by atoms with van der Waals surface area (Å²) >= 11 is 3.47. The van der Waals surface area contributed by atoms with Crippen molar-refractivity contribution < 1.29 is 5.11 Å². The molecule has 3 N–H and O–H groups in total. The zero-order valence-corrected chi connectivity index (χ0v) is 17.6. The number of hydrogen-bond acceptors (Lipinski definition) is 4. The molecule has 0 saturated carbocycles. The van der Waals surface area contributed by atoms with Gasteiger partial charge in [-0.3, -0.25) is 0 Å². The normalized spacial score (nSPS) is 14.1. The van der Waals surface area contributed by atoms with Crippen LogP contribution in [0.2, 0.25) is 0 Å². The Morgan fingerprint density at radius 2 is 2.18 bits per heavy atom. The summed E-state index contributed by atoms with van der Waals surface area (Å²) in [6.45, 7) is 5.93. The van der Waals surface area contributed by atoms with Gasteiger partial charge in [-0.15, -0.1) is 24.0 Å². The van der Waals surface area contributed by atoms with Gasteiger partial charge < -0.3 is 15.7 Å². The van der Waals surface area contributed by atoms with Gasteiger partial charge in [-0.2, -0.15) is 23.1 Å². The first-order valence-corrected chi connectivity index (χ1v) is 9.70. The van der Waals surface area contributed by atoms with Crippen LogP contribution in [-0.2, 0) is 5.60 Å². The van der Waals surface area contributed by atoms with Gasteiger partial charge in [0.2, 0.25) is 0 Å². The molecule has 0 fully saturated rings. The van der Waals surface area contributed by atoms with Crippen LogP contribution in [0, 0.1) is 0 Å². The standard InChI is InChI=1S/C15H27N3OS2.HI/c1-4-16-14(17-8-5-6-9-20-3)18-12-15(2,19)13-7-10-21-11-13;/h7,10-11,19H,4-6,8-9,12H2,1-3H3,(H2,16,17,18);1H. The molecule has 0 saturated heterocycles. The molecule has 1 aromatic rings. The van der Waals surface area contributed by atoms with Crippen molar-refractivity contribution in [3.8, 4) is 0 Å². The van der Waals surface area contributed by atoms with E-state index >= 15 is 0 Å². The maximum Gasteiger partial charge on any atom is 0.191 e. The third-order valence-corrected chi connectivity index (χ3v) is 4.48. The topological polar surface area (TPSA) is 56.7 Å². The number of guanidine groups is 1. The maximum atomic E-state index is 10.5. The second-order valence-electron chi connectivity index (χ2n) is 5.11. The fraction of sp³-hybridized carbons (Fsp3) is 0.667. The van der Waals surface area contributed by atoms with Crippen LogP contribution >= 0.6 is 47.1 Å². The molecule has 0 aromatic carbocycles. The molecule has 0 aliphatic carbocycles. The van der Waals surface area contributed by atoms with Crippen molar-refractivity contribution in [2.45, 2.75) is 32.3 Å². The number of hydrogen-bond donors (Lipinski definition) is 3. The summed E-state index contributed by atoms with van der Waals surface area (Å²) in [6, 6.07) is 1.95. The molecule has 4 nitrogen and oxygen atoms in total. The van der Waals surface area contributed by atoms with Crippen molar-refractivity contribution in [3.05, 3.63) is 22.4 Å². The molecule has 1 aromatic heterocycles. The summed E-state index contributed by atoms with van der Waals surface area (Å²) < 4.78 is 0. The molecule has 1 unspecified atom stereocenters. The van der Waals surface area contributed by atoms with Gasteiger partial charge in [-0.1, -0.05) is 0 Å². The van der Waals surface area contributed by atoms with E-state index in [0.717, 1.165) is 31.0 Å². The number of unbranched alkanes of at least 4 members (excludes halogenated alkanes) is 1. The third kappa shape index (κ3) is 8.59. The zero-order chi connectivity index (χ0) is 15.6. The highest BCUT2D eigenvalue weighted by atomic mass is 127. The lowest BCUT2D eigenvalue weighted by Crippen LogP contribution is -2.39. The molecule has 0 spiro atoms. The average molecular weight is 457 g/mol. The van der Waals surface area contributed by atoms with Crippen LogP contribution in [0.4, 0.5) is 0 Å². The zero-order valence-electron chi connectivity index (χ0n) is 13.6. The number of thioether (sulfide) groups is 1. The second kappa shape index (κ2) is 12.4. The van der Waals surface area contributed by atoms with Crippen molar-refractivity contribution in [3.63, 3.8) is 0 Å².